The van der Waals surface area contributed by atoms with Crippen molar-refractivity contribution in [2.24, 2.45) is 5.73 Å². The number of nitrogens with two attached hydrogens (primary N) is 1. The van der Waals surface area contributed by atoms with Gasteiger partial charge in [0.2, 0.25) is 0 Å². The van der Waals surface area contributed by atoms with Crippen molar-refractivity contribution in [2.45, 2.75) is 6.54 Å². The molecule has 5 nitrogen and oxygen atoms in total. The maximum atomic E-state index is 5.44. The number of hydrogen-bond acceptors (Lipinski definition) is 5. The molecule has 0 heterocycles. The molecule has 0 unspecified atom stereocenters. The van der Waals surface area contributed by atoms with Crippen LogP contribution in [0.5, 0.6) is 0 Å². The minimum Gasteiger partial charge on any atom is -0.329 e. The Hall–Kier alpha value is -2.02. The average molecular weight is 380 g/mol. The molecule has 0 aliphatic carbocycles. The molecule has 150 valence electrons. The van der Waals surface area contributed by atoms with Gasteiger partial charge in [-0.15, -0.1) is 0 Å². The summed E-state index contributed by atoms with van der Waals surface area (Å²) < 4.78 is 0. The van der Waals surface area contributed by atoms with Crippen molar-refractivity contribution < 1.29 is 0 Å². The predicted octanol–water partition coefficient (Wildman–Crippen LogP) is 1.81. The molecule has 5 heteroatoms. The largest absolute Gasteiger partial charge is 0.329 e. The van der Waals surface area contributed by atoms with Crippen LogP contribution in [0, 0.1) is 0 Å². The normalized spacial score (nSPS) is 11.5. The first-order chi connectivity index (χ1) is 13.9. The van der Waals surface area contributed by atoms with Gasteiger partial charge in [-0.3, -0.25) is 0 Å². The molecular formula is C23H33N5. The number of fused-ring (bicyclic) bond motifs is 2. The molecule has 3 aromatic rings. The number of benzene rings is 3. The van der Waals surface area contributed by atoms with E-state index in [1.54, 1.807) is 0 Å². The highest BCUT2D eigenvalue weighted by Crippen LogP contribution is 2.28. The van der Waals surface area contributed by atoms with Gasteiger partial charge in [0.1, 0.15) is 0 Å². The van der Waals surface area contributed by atoms with Gasteiger partial charge in [0.25, 0.3) is 0 Å². The lowest BCUT2D eigenvalue weighted by Gasteiger charge is -2.13. The van der Waals surface area contributed by atoms with E-state index in [4.69, 9.17) is 5.73 Å². The Morgan fingerprint density at radius 3 is 1.57 bits per heavy atom. The minimum absolute atomic E-state index is 0.698. The van der Waals surface area contributed by atoms with Crippen LogP contribution >= 0.6 is 0 Å². The van der Waals surface area contributed by atoms with E-state index in [1.807, 2.05) is 0 Å². The fourth-order valence-corrected chi connectivity index (χ4v) is 3.52. The van der Waals surface area contributed by atoms with E-state index >= 15 is 0 Å². The van der Waals surface area contributed by atoms with Crippen molar-refractivity contribution in [2.75, 3.05) is 52.4 Å². The maximum absolute atomic E-state index is 5.44. The third-order valence-corrected chi connectivity index (χ3v) is 4.94. The third kappa shape index (κ3) is 5.99. The highest BCUT2D eigenvalue weighted by atomic mass is 15.0. The molecule has 0 fully saturated rings. The van der Waals surface area contributed by atoms with Crippen molar-refractivity contribution in [1.82, 2.24) is 21.3 Å². The lowest BCUT2D eigenvalue weighted by Crippen LogP contribution is -2.35. The van der Waals surface area contributed by atoms with Crippen LogP contribution in [0.15, 0.2) is 54.6 Å². The van der Waals surface area contributed by atoms with Gasteiger partial charge in [-0.2, -0.15) is 0 Å². The summed E-state index contributed by atoms with van der Waals surface area (Å²) in [5.74, 6) is 0. The van der Waals surface area contributed by atoms with Gasteiger partial charge in [-0.1, -0.05) is 48.5 Å². The molecule has 0 aromatic heterocycles. The zero-order chi connectivity index (χ0) is 19.4. The standard InChI is InChI=1S/C23H33N5/c24-9-10-25-11-12-26-13-14-27-15-16-28-18-23-21-7-3-1-5-19(21)17-20-6-2-4-8-22(20)23/h1-8,17,25-28H,9-16,18,24H2. The van der Waals surface area contributed by atoms with Crippen molar-refractivity contribution in [3.05, 3.63) is 60.2 Å². The van der Waals surface area contributed by atoms with Gasteiger partial charge in [0.15, 0.2) is 0 Å². The average Bonchev–Trinajstić information content (AvgIpc) is 2.73. The molecule has 28 heavy (non-hydrogen) atoms. The predicted molar refractivity (Wildman–Crippen MR) is 121 cm³/mol. The monoisotopic (exact) mass is 379 g/mol. The van der Waals surface area contributed by atoms with Gasteiger partial charge >= 0.3 is 0 Å². The van der Waals surface area contributed by atoms with Crippen LogP contribution in [0.1, 0.15) is 5.56 Å². The smallest absolute Gasteiger partial charge is 0.0218 e. The quantitative estimate of drug-likeness (QED) is 0.231. The second-order valence-electron chi connectivity index (χ2n) is 7.01. The highest BCUT2D eigenvalue weighted by molar-refractivity contribution is 6.02. The Labute approximate surface area is 168 Å². The van der Waals surface area contributed by atoms with E-state index < -0.39 is 0 Å². The number of nitrogens with one attached hydrogen (secondary N) is 4. The summed E-state index contributed by atoms with van der Waals surface area (Å²) in [4.78, 5) is 0. The number of rotatable bonds is 13. The van der Waals surface area contributed by atoms with Crippen LogP contribution in [-0.2, 0) is 6.54 Å². The zero-order valence-corrected chi connectivity index (χ0v) is 16.6. The van der Waals surface area contributed by atoms with Gasteiger partial charge in [-0.25, -0.2) is 0 Å². The maximum Gasteiger partial charge on any atom is 0.0218 e. The van der Waals surface area contributed by atoms with E-state index in [0.29, 0.717) is 6.54 Å². The SMILES string of the molecule is NCCNCCNCCNCCNCc1c2ccccc2cc2ccccc12. The Morgan fingerprint density at radius 1 is 0.571 bits per heavy atom. The second-order valence-corrected chi connectivity index (χ2v) is 7.01. The molecule has 3 aromatic carbocycles. The van der Waals surface area contributed by atoms with Gasteiger partial charge in [-0.05, 0) is 33.2 Å². The fraction of sp³-hybridized carbons (Fsp3) is 0.391. The zero-order valence-electron chi connectivity index (χ0n) is 16.6. The second kappa shape index (κ2) is 11.7. The number of hydrogen-bond donors (Lipinski definition) is 5. The molecule has 3 rings (SSSR count). The molecule has 0 atom stereocenters. The van der Waals surface area contributed by atoms with Crippen LogP contribution in [0.4, 0.5) is 0 Å². The summed E-state index contributed by atoms with van der Waals surface area (Å²) in [5.41, 5.74) is 6.83. The fourth-order valence-electron chi connectivity index (χ4n) is 3.52. The van der Waals surface area contributed by atoms with E-state index in [-0.39, 0.29) is 0 Å². The van der Waals surface area contributed by atoms with E-state index in [1.165, 1.54) is 27.1 Å². The molecule has 0 amide bonds. The van der Waals surface area contributed by atoms with Gasteiger partial charge < -0.3 is 27.0 Å². The summed E-state index contributed by atoms with van der Waals surface area (Å²) in [6, 6.07) is 19.6. The molecule has 0 saturated heterocycles. The van der Waals surface area contributed by atoms with Crippen LogP contribution < -0.4 is 27.0 Å². The Bertz CT molecular complexity index is 795. The first-order valence-corrected chi connectivity index (χ1v) is 10.3. The van der Waals surface area contributed by atoms with Crippen molar-refractivity contribution in [3.8, 4) is 0 Å². The van der Waals surface area contributed by atoms with Crippen LogP contribution in [0.3, 0.4) is 0 Å². The Kier molecular flexibility index (Phi) is 8.68. The molecule has 6 N–H and O–H groups in total. The molecular weight excluding hydrogens is 346 g/mol. The van der Waals surface area contributed by atoms with Crippen LogP contribution in [0.2, 0.25) is 0 Å². The van der Waals surface area contributed by atoms with E-state index in [0.717, 1.165) is 52.4 Å². The highest BCUT2D eigenvalue weighted by Gasteiger charge is 2.06. The first-order valence-electron chi connectivity index (χ1n) is 10.3. The van der Waals surface area contributed by atoms with E-state index in [9.17, 15) is 0 Å². The minimum atomic E-state index is 0.698. The summed E-state index contributed by atoms with van der Waals surface area (Å²) >= 11 is 0. The summed E-state index contributed by atoms with van der Waals surface area (Å²) in [5, 5.41) is 19.1. The molecule has 0 spiro atoms. The van der Waals surface area contributed by atoms with Crippen LogP contribution in [-0.4, -0.2) is 52.4 Å². The topological polar surface area (TPSA) is 74.1 Å². The summed E-state index contributed by atoms with van der Waals surface area (Å²) in [7, 11) is 0. The summed E-state index contributed by atoms with van der Waals surface area (Å²) in [6.07, 6.45) is 0. The third-order valence-electron chi connectivity index (χ3n) is 4.94. The van der Waals surface area contributed by atoms with Crippen LogP contribution in [0.25, 0.3) is 21.5 Å². The molecule has 0 aliphatic heterocycles. The molecule has 0 radical (unpaired) electrons. The lowest BCUT2D eigenvalue weighted by molar-refractivity contribution is 0.568. The molecule has 0 bridgehead atoms. The van der Waals surface area contributed by atoms with Gasteiger partial charge in [0, 0.05) is 58.9 Å². The Balaban J connectivity index is 1.41. The summed E-state index contributed by atoms with van der Waals surface area (Å²) in [6.45, 7) is 8.31. The Morgan fingerprint density at radius 2 is 1.04 bits per heavy atom. The lowest BCUT2D eigenvalue weighted by atomic mass is 9.97. The molecule has 0 aliphatic rings. The van der Waals surface area contributed by atoms with Crippen molar-refractivity contribution in [1.29, 1.82) is 0 Å². The van der Waals surface area contributed by atoms with Gasteiger partial charge in [0.05, 0.1) is 0 Å². The van der Waals surface area contributed by atoms with E-state index in [2.05, 4.69) is 75.9 Å². The van der Waals surface area contributed by atoms with Crippen molar-refractivity contribution in [3.63, 3.8) is 0 Å². The molecule has 0 saturated carbocycles. The van der Waals surface area contributed by atoms with Crippen molar-refractivity contribution >= 4 is 21.5 Å². The first kappa shape index (κ1) is 20.7.